The third-order valence-corrected chi connectivity index (χ3v) is 3.44. The van der Waals surface area contributed by atoms with Crippen molar-refractivity contribution in [2.24, 2.45) is 11.3 Å². The molecule has 0 heterocycles. The molecule has 0 unspecified atom stereocenters. The van der Waals surface area contributed by atoms with Crippen molar-refractivity contribution < 1.29 is 0 Å². The van der Waals surface area contributed by atoms with Gasteiger partial charge in [0.05, 0.1) is 0 Å². The van der Waals surface area contributed by atoms with Gasteiger partial charge in [-0.1, -0.05) is 40.5 Å². The highest BCUT2D eigenvalue weighted by Crippen LogP contribution is 2.29. The highest BCUT2D eigenvalue weighted by molar-refractivity contribution is 4.84. The summed E-state index contributed by atoms with van der Waals surface area (Å²) in [6.45, 7) is 10.6. The van der Waals surface area contributed by atoms with E-state index in [1.807, 2.05) is 0 Å². The molecule has 0 amide bonds. The van der Waals surface area contributed by atoms with Crippen LogP contribution in [0.15, 0.2) is 0 Å². The molecule has 1 aliphatic rings. The van der Waals surface area contributed by atoms with Gasteiger partial charge in [-0.05, 0) is 30.6 Å². The lowest BCUT2D eigenvalue weighted by atomic mass is 9.80. The molecule has 0 aromatic heterocycles. The van der Waals surface area contributed by atoms with Crippen LogP contribution in [-0.4, -0.2) is 12.6 Å². The highest BCUT2D eigenvalue weighted by atomic mass is 15.0. The van der Waals surface area contributed by atoms with E-state index in [1.165, 1.54) is 38.6 Å². The van der Waals surface area contributed by atoms with Gasteiger partial charge in [-0.15, -0.1) is 0 Å². The van der Waals surface area contributed by atoms with E-state index in [0.29, 0.717) is 5.41 Å². The summed E-state index contributed by atoms with van der Waals surface area (Å²) in [4.78, 5) is 0. The minimum atomic E-state index is 0.485. The zero-order valence-corrected chi connectivity index (χ0v) is 10.4. The fourth-order valence-corrected chi connectivity index (χ4v) is 2.14. The van der Waals surface area contributed by atoms with Gasteiger partial charge in [-0.25, -0.2) is 0 Å². The van der Waals surface area contributed by atoms with Gasteiger partial charge >= 0.3 is 0 Å². The van der Waals surface area contributed by atoms with Crippen LogP contribution in [0.25, 0.3) is 0 Å². The van der Waals surface area contributed by atoms with Crippen LogP contribution in [0.2, 0.25) is 0 Å². The molecule has 1 rings (SSSR count). The van der Waals surface area contributed by atoms with Crippen molar-refractivity contribution >= 4 is 0 Å². The molecule has 0 bridgehead atoms. The van der Waals surface area contributed by atoms with E-state index in [9.17, 15) is 0 Å². The summed E-state index contributed by atoms with van der Waals surface area (Å²) >= 11 is 0. The Kier molecular flexibility index (Phi) is 4.43. The molecule has 0 aliphatic heterocycles. The molecule has 0 aromatic rings. The first-order valence-electron chi connectivity index (χ1n) is 6.30. The van der Waals surface area contributed by atoms with E-state index < -0.39 is 0 Å². The maximum atomic E-state index is 3.65. The largest absolute Gasteiger partial charge is 0.313 e. The van der Waals surface area contributed by atoms with Crippen molar-refractivity contribution in [3.05, 3.63) is 0 Å². The Labute approximate surface area is 89.7 Å². The first-order chi connectivity index (χ1) is 6.57. The summed E-state index contributed by atoms with van der Waals surface area (Å²) < 4.78 is 0. The van der Waals surface area contributed by atoms with Gasteiger partial charge in [-0.3, -0.25) is 0 Å². The molecule has 14 heavy (non-hydrogen) atoms. The second-order valence-corrected chi connectivity index (χ2v) is 5.71. The molecule has 0 spiro atoms. The molecular weight excluding hydrogens is 170 g/mol. The average Bonchev–Trinajstić information content (AvgIpc) is 2.95. The van der Waals surface area contributed by atoms with E-state index in [2.05, 4.69) is 33.0 Å². The molecule has 1 nitrogen and oxygen atoms in total. The zero-order chi connectivity index (χ0) is 10.6. The fourth-order valence-electron chi connectivity index (χ4n) is 2.14. The van der Waals surface area contributed by atoms with Gasteiger partial charge in [-0.2, -0.15) is 0 Å². The molecule has 1 heteroatoms. The molecule has 0 radical (unpaired) electrons. The molecule has 0 aromatic carbocycles. The highest BCUT2D eigenvalue weighted by Gasteiger charge is 2.26. The monoisotopic (exact) mass is 197 g/mol. The standard InChI is InChI=1S/C13H27N/c1-5-11(6-2)9-13(3,4)10-14-12-7-8-12/h11-12,14H,5-10H2,1-4H3. The Bertz CT molecular complexity index is 155. The zero-order valence-electron chi connectivity index (χ0n) is 10.4. The lowest BCUT2D eigenvalue weighted by molar-refractivity contribution is 0.245. The van der Waals surface area contributed by atoms with Crippen molar-refractivity contribution in [3.63, 3.8) is 0 Å². The summed E-state index contributed by atoms with van der Waals surface area (Å²) in [7, 11) is 0. The van der Waals surface area contributed by atoms with Crippen LogP contribution < -0.4 is 5.32 Å². The summed E-state index contributed by atoms with van der Waals surface area (Å²) in [5.74, 6) is 0.922. The Hall–Kier alpha value is -0.0400. The number of hydrogen-bond acceptors (Lipinski definition) is 1. The number of rotatable bonds is 7. The van der Waals surface area contributed by atoms with Gasteiger partial charge in [0.1, 0.15) is 0 Å². The summed E-state index contributed by atoms with van der Waals surface area (Å²) in [5.41, 5.74) is 0.485. The molecule has 1 aliphatic carbocycles. The quantitative estimate of drug-likeness (QED) is 0.657. The first kappa shape index (κ1) is 12.0. The molecule has 1 fully saturated rings. The van der Waals surface area contributed by atoms with Crippen LogP contribution in [0.4, 0.5) is 0 Å². The third-order valence-electron chi connectivity index (χ3n) is 3.44. The molecule has 0 atom stereocenters. The lowest BCUT2D eigenvalue weighted by Gasteiger charge is -2.29. The van der Waals surface area contributed by atoms with E-state index in [0.717, 1.165) is 12.0 Å². The smallest absolute Gasteiger partial charge is 0.00684 e. The van der Waals surface area contributed by atoms with E-state index >= 15 is 0 Å². The molecule has 1 saturated carbocycles. The first-order valence-corrected chi connectivity index (χ1v) is 6.30. The Morgan fingerprint density at radius 1 is 1.21 bits per heavy atom. The molecule has 1 N–H and O–H groups in total. The van der Waals surface area contributed by atoms with Crippen LogP contribution in [0.5, 0.6) is 0 Å². The minimum absolute atomic E-state index is 0.485. The SMILES string of the molecule is CCC(CC)CC(C)(C)CNC1CC1. The predicted molar refractivity (Wildman–Crippen MR) is 63.5 cm³/mol. The van der Waals surface area contributed by atoms with Crippen molar-refractivity contribution in [2.75, 3.05) is 6.54 Å². The van der Waals surface area contributed by atoms with Gasteiger partial charge in [0.25, 0.3) is 0 Å². The van der Waals surface area contributed by atoms with Crippen LogP contribution in [0, 0.1) is 11.3 Å². The van der Waals surface area contributed by atoms with Crippen molar-refractivity contribution in [1.82, 2.24) is 5.32 Å². The van der Waals surface area contributed by atoms with Crippen LogP contribution in [-0.2, 0) is 0 Å². The maximum Gasteiger partial charge on any atom is 0.00684 e. The second kappa shape index (κ2) is 5.16. The van der Waals surface area contributed by atoms with Gasteiger partial charge in [0, 0.05) is 12.6 Å². The van der Waals surface area contributed by atoms with Gasteiger partial charge in [0.2, 0.25) is 0 Å². The number of nitrogens with one attached hydrogen (secondary N) is 1. The van der Waals surface area contributed by atoms with E-state index in [-0.39, 0.29) is 0 Å². The topological polar surface area (TPSA) is 12.0 Å². The average molecular weight is 197 g/mol. The Morgan fingerprint density at radius 2 is 1.79 bits per heavy atom. The van der Waals surface area contributed by atoms with Gasteiger partial charge < -0.3 is 5.32 Å². The Morgan fingerprint density at radius 3 is 2.21 bits per heavy atom. The predicted octanol–water partition coefficient (Wildman–Crippen LogP) is 3.59. The Balaban J connectivity index is 2.22. The fraction of sp³-hybridized carbons (Fsp3) is 1.00. The molecule has 0 saturated heterocycles. The van der Waals surface area contributed by atoms with E-state index in [4.69, 9.17) is 0 Å². The summed E-state index contributed by atoms with van der Waals surface area (Å²) in [6, 6.07) is 0.857. The van der Waals surface area contributed by atoms with Crippen molar-refractivity contribution in [2.45, 2.75) is 65.8 Å². The summed E-state index contributed by atoms with van der Waals surface area (Å²) in [6.07, 6.45) is 6.86. The van der Waals surface area contributed by atoms with E-state index in [1.54, 1.807) is 0 Å². The maximum absolute atomic E-state index is 3.65. The number of hydrogen-bond donors (Lipinski definition) is 1. The normalized spacial score (nSPS) is 17.8. The summed E-state index contributed by atoms with van der Waals surface area (Å²) in [5, 5.41) is 3.65. The van der Waals surface area contributed by atoms with Crippen molar-refractivity contribution in [1.29, 1.82) is 0 Å². The van der Waals surface area contributed by atoms with Crippen molar-refractivity contribution in [3.8, 4) is 0 Å². The minimum Gasteiger partial charge on any atom is -0.313 e. The van der Waals surface area contributed by atoms with Crippen LogP contribution in [0.3, 0.4) is 0 Å². The molecular formula is C13H27N. The molecule has 84 valence electrons. The van der Waals surface area contributed by atoms with Gasteiger partial charge in [0.15, 0.2) is 0 Å². The second-order valence-electron chi connectivity index (χ2n) is 5.71. The van der Waals surface area contributed by atoms with Crippen LogP contribution >= 0.6 is 0 Å². The van der Waals surface area contributed by atoms with Crippen LogP contribution in [0.1, 0.15) is 59.8 Å². The third kappa shape index (κ3) is 4.45. The lowest BCUT2D eigenvalue weighted by Crippen LogP contribution is -2.32.